The number of amides is 1. The number of hydrogen-bond acceptors (Lipinski definition) is 4. The summed E-state index contributed by atoms with van der Waals surface area (Å²) in [5, 5.41) is 8.25. The van der Waals surface area contributed by atoms with Crippen molar-refractivity contribution in [3.05, 3.63) is 11.9 Å². The zero-order valence-electron chi connectivity index (χ0n) is 7.79. The minimum atomic E-state index is -1.24. The molecule has 74 valence electrons. The van der Waals surface area contributed by atoms with E-state index >= 15 is 0 Å². The van der Waals surface area contributed by atoms with Gasteiger partial charge in [0.25, 0.3) is 0 Å². The van der Waals surface area contributed by atoms with Crippen LogP contribution in [0.25, 0.3) is 0 Å². The highest BCUT2D eigenvalue weighted by Crippen LogP contribution is 1.90. The van der Waals surface area contributed by atoms with Crippen LogP contribution in [0.5, 0.6) is 0 Å². The van der Waals surface area contributed by atoms with Gasteiger partial charge < -0.3 is 10.0 Å². The van der Waals surface area contributed by atoms with Crippen LogP contribution >= 0.6 is 0 Å². The van der Waals surface area contributed by atoms with Gasteiger partial charge in [0.05, 0.1) is 0 Å². The van der Waals surface area contributed by atoms with Gasteiger partial charge >= 0.3 is 6.09 Å². The zero-order valence-corrected chi connectivity index (χ0v) is 7.79. The zero-order chi connectivity index (χ0) is 10.4. The Bertz CT molecular complexity index is 235. The molecule has 0 aliphatic rings. The molecule has 0 saturated carbocycles. The highest BCUT2D eigenvalue weighted by atomic mass is 16.4. The van der Waals surface area contributed by atoms with Gasteiger partial charge in [-0.1, -0.05) is 0 Å². The SMILES string of the molecule is CC(=O)/C(=C\N(C)C)NNC(=O)O. The molecule has 3 N–H and O–H groups in total. The fraction of sp³-hybridized carbons (Fsp3) is 0.429. The Hall–Kier alpha value is -1.72. The number of nitrogens with one attached hydrogen (secondary N) is 2. The Morgan fingerprint density at radius 3 is 2.15 bits per heavy atom. The molecule has 6 heteroatoms. The first-order valence-corrected chi connectivity index (χ1v) is 3.57. The number of Topliss-reactive ketones (excluding diaryl/α,β-unsaturated/α-hetero) is 1. The molecule has 1 amide bonds. The third-order valence-electron chi connectivity index (χ3n) is 1.07. The molecule has 0 spiro atoms. The van der Waals surface area contributed by atoms with E-state index in [9.17, 15) is 9.59 Å². The lowest BCUT2D eigenvalue weighted by molar-refractivity contribution is -0.114. The second-order valence-corrected chi connectivity index (χ2v) is 2.62. The summed E-state index contributed by atoms with van der Waals surface area (Å²) in [7, 11) is 3.46. The minimum Gasteiger partial charge on any atom is -0.464 e. The molecule has 6 nitrogen and oxygen atoms in total. The lowest BCUT2D eigenvalue weighted by Crippen LogP contribution is -2.38. The predicted molar refractivity (Wildman–Crippen MR) is 46.7 cm³/mol. The summed E-state index contributed by atoms with van der Waals surface area (Å²) in [6, 6.07) is 0. The maximum Gasteiger partial charge on any atom is 0.423 e. The van der Waals surface area contributed by atoms with Crippen LogP contribution in [0.4, 0.5) is 4.79 Å². The molecule has 0 heterocycles. The van der Waals surface area contributed by atoms with Crippen molar-refractivity contribution >= 4 is 11.9 Å². The summed E-state index contributed by atoms with van der Waals surface area (Å²) >= 11 is 0. The number of ketones is 1. The molecule has 0 atom stereocenters. The lowest BCUT2D eigenvalue weighted by Gasteiger charge is -2.10. The summed E-state index contributed by atoms with van der Waals surface area (Å²) in [6.07, 6.45) is 0.240. The van der Waals surface area contributed by atoms with Crippen molar-refractivity contribution in [2.24, 2.45) is 0 Å². The minimum absolute atomic E-state index is 0.187. The standard InChI is InChI=1S/C7H13N3O3/c1-5(11)6(4-10(2)3)8-9-7(12)13/h4,8-9H,1-3H3,(H,12,13)/b6-4+. The number of allylic oxidation sites excluding steroid dienone is 1. The summed E-state index contributed by atoms with van der Waals surface area (Å²) < 4.78 is 0. The second kappa shape index (κ2) is 5.02. The van der Waals surface area contributed by atoms with Crippen molar-refractivity contribution in [3.8, 4) is 0 Å². The largest absolute Gasteiger partial charge is 0.464 e. The van der Waals surface area contributed by atoms with E-state index in [0.29, 0.717) is 0 Å². The maximum atomic E-state index is 10.9. The molecule has 0 bridgehead atoms. The average molecular weight is 187 g/mol. The Morgan fingerprint density at radius 2 is 1.85 bits per heavy atom. The monoisotopic (exact) mass is 187 g/mol. The van der Waals surface area contributed by atoms with Gasteiger partial charge in [0, 0.05) is 27.2 Å². The number of carboxylic acid groups (broad SMARTS) is 1. The predicted octanol–water partition coefficient (Wildman–Crippen LogP) is -0.249. The van der Waals surface area contributed by atoms with Crippen LogP contribution < -0.4 is 10.9 Å². The highest BCUT2D eigenvalue weighted by Gasteiger charge is 2.04. The molecule has 0 aliphatic carbocycles. The first-order valence-electron chi connectivity index (χ1n) is 3.57. The first-order chi connectivity index (χ1) is 5.93. The van der Waals surface area contributed by atoms with Gasteiger partial charge in [0.15, 0.2) is 5.78 Å². The molecule has 0 aromatic heterocycles. The number of carbonyl (C=O) groups is 2. The van der Waals surface area contributed by atoms with Crippen LogP contribution in [0.2, 0.25) is 0 Å². The Labute approximate surface area is 76.2 Å². The van der Waals surface area contributed by atoms with Gasteiger partial charge in [-0.2, -0.15) is 0 Å². The molecule has 0 unspecified atom stereocenters. The van der Waals surface area contributed by atoms with Crippen molar-refractivity contribution in [1.29, 1.82) is 0 Å². The van der Waals surface area contributed by atoms with Gasteiger partial charge in [-0.3, -0.25) is 10.2 Å². The molecule has 0 fully saturated rings. The highest BCUT2D eigenvalue weighted by molar-refractivity contribution is 5.92. The van der Waals surface area contributed by atoms with E-state index < -0.39 is 6.09 Å². The number of hydrazine groups is 1. The van der Waals surface area contributed by atoms with E-state index in [1.165, 1.54) is 13.1 Å². The van der Waals surface area contributed by atoms with E-state index in [4.69, 9.17) is 5.11 Å². The van der Waals surface area contributed by atoms with Gasteiger partial charge in [-0.05, 0) is 0 Å². The molecule has 0 rings (SSSR count). The molecule has 0 aromatic carbocycles. The molecule has 0 radical (unpaired) electrons. The Balaban J connectivity index is 4.27. The number of nitrogens with zero attached hydrogens (tertiary/aromatic N) is 1. The van der Waals surface area contributed by atoms with E-state index in [1.54, 1.807) is 19.0 Å². The number of hydrogen-bond donors (Lipinski definition) is 3. The van der Waals surface area contributed by atoms with Gasteiger partial charge in [-0.15, -0.1) is 0 Å². The topological polar surface area (TPSA) is 81.7 Å². The van der Waals surface area contributed by atoms with E-state index in [-0.39, 0.29) is 11.5 Å². The van der Waals surface area contributed by atoms with Crippen LogP contribution in [-0.2, 0) is 4.79 Å². The Morgan fingerprint density at radius 1 is 1.31 bits per heavy atom. The van der Waals surface area contributed by atoms with Crippen LogP contribution in [0.1, 0.15) is 6.92 Å². The van der Waals surface area contributed by atoms with Crippen molar-refractivity contribution < 1.29 is 14.7 Å². The second-order valence-electron chi connectivity index (χ2n) is 2.62. The van der Waals surface area contributed by atoms with Gasteiger partial charge in [0.2, 0.25) is 0 Å². The fourth-order valence-electron chi connectivity index (χ4n) is 0.590. The number of carbonyl (C=O) groups excluding carboxylic acids is 1. The summed E-state index contributed by atoms with van der Waals surface area (Å²) in [6.45, 7) is 1.34. The van der Waals surface area contributed by atoms with Crippen molar-refractivity contribution in [3.63, 3.8) is 0 Å². The number of rotatable bonds is 4. The van der Waals surface area contributed by atoms with Crippen LogP contribution in [0, 0.1) is 0 Å². The van der Waals surface area contributed by atoms with Gasteiger partial charge in [-0.25, -0.2) is 10.2 Å². The summed E-state index contributed by atoms with van der Waals surface area (Å²) in [5.74, 6) is -0.248. The molecular weight excluding hydrogens is 174 g/mol. The van der Waals surface area contributed by atoms with Gasteiger partial charge in [0.1, 0.15) is 5.70 Å². The quantitative estimate of drug-likeness (QED) is 0.417. The van der Waals surface area contributed by atoms with E-state index in [1.807, 2.05) is 5.43 Å². The molecular formula is C7H13N3O3. The Kier molecular flexibility index (Phi) is 4.36. The fourth-order valence-corrected chi connectivity index (χ4v) is 0.590. The summed E-state index contributed by atoms with van der Waals surface area (Å²) in [5.41, 5.74) is 4.34. The molecule has 0 saturated heterocycles. The van der Waals surface area contributed by atoms with Crippen molar-refractivity contribution in [2.45, 2.75) is 6.92 Å². The third-order valence-corrected chi connectivity index (χ3v) is 1.07. The van der Waals surface area contributed by atoms with Crippen LogP contribution in [0.15, 0.2) is 11.9 Å². The van der Waals surface area contributed by atoms with Crippen LogP contribution in [0.3, 0.4) is 0 Å². The average Bonchev–Trinajstić information content (AvgIpc) is 1.96. The molecule has 0 aliphatic heterocycles. The molecule has 0 aromatic rings. The lowest BCUT2D eigenvalue weighted by atomic mass is 10.3. The van der Waals surface area contributed by atoms with Crippen molar-refractivity contribution in [1.82, 2.24) is 15.8 Å². The summed E-state index contributed by atoms with van der Waals surface area (Å²) in [4.78, 5) is 22.6. The normalized spacial score (nSPS) is 10.5. The first kappa shape index (κ1) is 11.3. The molecule has 13 heavy (non-hydrogen) atoms. The van der Waals surface area contributed by atoms with E-state index in [0.717, 1.165) is 0 Å². The third kappa shape index (κ3) is 5.54. The van der Waals surface area contributed by atoms with Crippen molar-refractivity contribution in [2.75, 3.05) is 14.1 Å². The van der Waals surface area contributed by atoms with Crippen LogP contribution in [-0.4, -0.2) is 36.0 Å². The van der Waals surface area contributed by atoms with E-state index in [2.05, 4.69) is 5.43 Å². The maximum absolute atomic E-state index is 10.9. The smallest absolute Gasteiger partial charge is 0.423 e.